The maximum Gasteiger partial charge on any atom is 0.254 e. The second-order valence-electron chi connectivity index (χ2n) is 7.69. The van der Waals surface area contributed by atoms with Crippen LogP contribution in [0.3, 0.4) is 0 Å². The molecule has 4 heteroatoms. The Hall–Kier alpha value is -3.24. The molecule has 1 N–H and O–H groups in total. The molecule has 5 rings (SSSR count). The first-order chi connectivity index (χ1) is 14.2. The van der Waals surface area contributed by atoms with E-state index >= 15 is 0 Å². The van der Waals surface area contributed by atoms with Crippen molar-refractivity contribution in [1.29, 1.82) is 0 Å². The largest absolute Gasteiger partial charge is 0.388 e. The first kappa shape index (κ1) is 17.8. The Labute approximate surface area is 169 Å². The van der Waals surface area contributed by atoms with E-state index in [1.165, 1.54) is 0 Å². The molecule has 1 amide bonds. The van der Waals surface area contributed by atoms with E-state index in [1.54, 1.807) is 6.07 Å². The van der Waals surface area contributed by atoms with Gasteiger partial charge in [0, 0.05) is 11.1 Å². The zero-order chi connectivity index (χ0) is 20.0. The van der Waals surface area contributed by atoms with Crippen LogP contribution >= 0.6 is 0 Å². The number of amides is 1. The summed E-state index contributed by atoms with van der Waals surface area (Å²) in [6, 6.07) is 23.5. The lowest BCUT2D eigenvalue weighted by molar-refractivity contribution is 0.0697. The van der Waals surface area contributed by atoms with Gasteiger partial charge in [-0.15, -0.1) is 0 Å². The van der Waals surface area contributed by atoms with Crippen LogP contribution in [0.2, 0.25) is 0 Å². The monoisotopic (exact) mass is 383 g/mol. The molecule has 0 aliphatic carbocycles. The second-order valence-corrected chi connectivity index (χ2v) is 7.69. The Bertz CT molecular complexity index is 1090. The Morgan fingerprint density at radius 2 is 1.41 bits per heavy atom. The topological polar surface area (TPSA) is 57.6 Å². The molecule has 2 heterocycles. The number of aliphatic hydroxyl groups excluding tert-OH is 1. The molecule has 1 fully saturated rings. The lowest BCUT2D eigenvalue weighted by Gasteiger charge is -2.22. The molecule has 1 saturated heterocycles. The fourth-order valence-corrected chi connectivity index (χ4v) is 4.72. The Balaban J connectivity index is 1.43. The molecule has 3 aromatic rings. The lowest BCUT2D eigenvalue weighted by atomic mass is 9.90. The highest BCUT2D eigenvalue weighted by molar-refractivity contribution is 5.98. The molecule has 0 aromatic heterocycles. The molecule has 0 radical (unpaired) electrons. The van der Waals surface area contributed by atoms with Gasteiger partial charge >= 0.3 is 0 Å². The van der Waals surface area contributed by atoms with Crippen LogP contribution in [0, 0.1) is 0 Å². The van der Waals surface area contributed by atoms with E-state index in [0.29, 0.717) is 11.1 Å². The van der Waals surface area contributed by atoms with Crippen molar-refractivity contribution < 1.29 is 14.7 Å². The van der Waals surface area contributed by atoms with Crippen molar-refractivity contribution in [1.82, 2.24) is 4.90 Å². The van der Waals surface area contributed by atoms with Crippen LogP contribution in [0.4, 0.5) is 0 Å². The first-order valence-corrected chi connectivity index (χ1v) is 9.93. The Morgan fingerprint density at radius 1 is 0.793 bits per heavy atom. The molecular weight excluding hydrogens is 362 g/mol. The van der Waals surface area contributed by atoms with Crippen LogP contribution in [-0.4, -0.2) is 28.3 Å². The fourth-order valence-electron chi connectivity index (χ4n) is 4.72. The number of fused-ring (bicyclic) bond motifs is 5. The van der Waals surface area contributed by atoms with Gasteiger partial charge in [0.05, 0.1) is 12.1 Å². The lowest BCUT2D eigenvalue weighted by Crippen LogP contribution is -2.27. The van der Waals surface area contributed by atoms with E-state index in [4.69, 9.17) is 5.11 Å². The maximum atomic E-state index is 13.3. The van der Waals surface area contributed by atoms with E-state index < -0.39 is 6.61 Å². The van der Waals surface area contributed by atoms with Gasteiger partial charge in [-0.05, 0) is 53.3 Å². The van der Waals surface area contributed by atoms with Crippen molar-refractivity contribution in [3.63, 3.8) is 0 Å². The summed E-state index contributed by atoms with van der Waals surface area (Å²) < 4.78 is 0. The van der Waals surface area contributed by atoms with Crippen LogP contribution < -0.4 is 0 Å². The number of carbonyl (C=O) groups is 2. The summed E-state index contributed by atoms with van der Waals surface area (Å²) in [6.07, 6.45) is 1.85. The summed E-state index contributed by atoms with van der Waals surface area (Å²) in [5.41, 5.74) is 5.59. The molecule has 0 spiro atoms. The van der Waals surface area contributed by atoms with Gasteiger partial charge in [0.1, 0.15) is 6.61 Å². The first-order valence-electron chi connectivity index (χ1n) is 9.93. The molecule has 2 atom stereocenters. The van der Waals surface area contributed by atoms with Crippen molar-refractivity contribution in [2.75, 3.05) is 6.61 Å². The quantitative estimate of drug-likeness (QED) is 0.672. The molecule has 4 nitrogen and oxygen atoms in total. The average Bonchev–Trinajstić information content (AvgIpc) is 3.35. The summed E-state index contributed by atoms with van der Waals surface area (Å²) >= 11 is 0. The molecule has 2 aliphatic rings. The van der Waals surface area contributed by atoms with Gasteiger partial charge in [0.25, 0.3) is 5.91 Å². The van der Waals surface area contributed by atoms with Crippen LogP contribution in [0.1, 0.15) is 56.8 Å². The van der Waals surface area contributed by atoms with Crippen molar-refractivity contribution >= 4 is 11.7 Å². The van der Waals surface area contributed by atoms with E-state index in [0.717, 1.165) is 35.1 Å². The van der Waals surface area contributed by atoms with Crippen molar-refractivity contribution in [2.24, 2.45) is 0 Å². The molecule has 3 aromatic carbocycles. The Kier molecular flexibility index (Phi) is 4.29. The minimum Gasteiger partial charge on any atom is -0.388 e. The predicted molar refractivity (Wildman–Crippen MR) is 111 cm³/mol. The SMILES string of the molecule is O=C(CO)c1ccc2c(c1)C1CCC2N1C(=O)c1ccc(-c2ccccc2)cc1. The maximum absolute atomic E-state index is 13.3. The van der Waals surface area contributed by atoms with Gasteiger partial charge in [0.15, 0.2) is 5.78 Å². The summed E-state index contributed by atoms with van der Waals surface area (Å²) in [6.45, 7) is -0.497. The zero-order valence-corrected chi connectivity index (χ0v) is 15.9. The number of aliphatic hydroxyl groups is 1. The highest BCUT2D eigenvalue weighted by atomic mass is 16.3. The van der Waals surface area contributed by atoms with Crippen molar-refractivity contribution in [3.05, 3.63) is 95.1 Å². The van der Waals surface area contributed by atoms with E-state index in [1.807, 2.05) is 59.5 Å². The van der Waals surface area contributed by atoms with Crippen LogP contribution in [0.25, 0.3) is 11.1 Å². The third kappa shape index (κ3) is 2.88. The molecule has 2 aliphatic heterocycles. The van der Waals surface area contributed by atoms with Crippen molar-refractivity contribution in [3.8, 4) is 11.1 Å². The van der Waals surface area contributed by atoms with E-state index in [9.17, 15) is 9.59 Å². The fraction of sp³-hybridized carbons (Fsp3) is 0.200. The number of hydrogen-bond acceptors (Lipinski definition) is 3. The molecule has 2 bridgehead atoms. The number of Topliss-reactive ketones (excluding diaryl/α,β-unsaturated/α-hetero) is 1. The second kappa shape index (κ2) is 6.98. The van der Waals surface area contributed by atoms with Crippen LogP contribution in [0.5, 0.6) is 0 Å². The third-order valence-electron chi connectivity index (χ3n) is 6.13. The number of ketones is 1. The zero-order valence-electron chi connectivity index (χ0n) is 15.9. The third-order valence-corrected chi connectivity index (χ3v) is 6.13. The van der Waals surface area contributed by atoms with Crippen LogP contribution in [-0.2, 0) is 0 Å². The van der Waals surface area contributed by atoms with Gasteiger partial charge in [-0.25, -0.2) is 0 Å². The predicted octanol–water partition coefficient (Wildman–Crippen LogP) is 4.56. The number of rotatable bonds is 4. The normalized spacial score (nSPS) is 19.3. The van der Waals surface area contributed by atoms with Crippen molar-refractivity contribution in [2.45, 2.75) is 24.9 Å². The summed E-state index contributed by atoms with van der Waals surface area (Å²) in [4.78, 5) is 27.2. The van der Waals surface area contributed by atoms with Gasteiger partial charge in [-0.3, -0.25) is 9.59 Å². The molecule has 144 valence electrons. The summed E-state index contributed by atoms with van der Waals surface area (Å²) in [7, 11) is 0. The van der Waals surface area contributed by atoms with E-state index in [-0.39, 0.29) is 23.8 Å². The molecule has 29 heavy (non-hydrogen) atoms. The summed E-state index contributed by atoms with van der Waals surface area (Å²) in [5.74, 6) is -0.256. The standard InChI is InChI=1S/C25H21NO3/c27-15-24(28)19-10-11-20-21(14-19)23-13-12-22(20)26(23)25(29)18-8-6-17(7-9-18)16-4-2-1-3-5-16/h1-11,14,22-23,27H,12-13,15H2. The minimum atomic E-state index is -0.497. The summed E-state index contributed by atoms with van der Waals surface area (Å²) in [5, 5.41) is 9.15. The molecule has 2 unspecified atom stereocenters. The Morgan fingerprint density at radius 3 is 2.10 bits per heavy atom. The van der Waals surface area contributed by atoms with Gasteiger partial charge in [-0.2, -0.15) is 0 Å². The number of hydrogen-bond donors (Lipinski definition) is 1. The van der Waals surface area contributed by atoms with Crippen LogP contribution in [0.15, 0.2) is 72.8 Å². The molecule has 0 saturated carbocycles. The highest BCUT2D eigenvalue weighted by Crippen LogP contribution is 2.53. The van der Waals surface area contributed by atoms with Gasteiger partial charge in [0.2, 0.25) is 0 Å². The molecular formula is C25H21NO3. The van der Waals surface area contributed by atoms with Gasteiger partial charge < -0.3 is 10.0 Å². The minimum absolute atomic E-state index is 0.00254. The number of carbonyl (C=O) groups excluding carboxylic acids is 2. The smallest absolute Gasteiger partial charge is 0.254 e. The highest BCUT2D eigenvalue weighted by Gasteiger charge is 2.46. The van der Waals surface area contributed by atoms with E-state index in [2.05, 4.69) is 12.1 Å². The van der Waals surface area contributed by atoms with Gasteiger partial charge in [-0.1, -0.05) is 54.6 Å². The number of nitrogens with zero attached hydrogens (tertiary/aromatic N) is 1. The average molecular weight is 383 g/mol. The number of benzene rings is 3.